The van der Waals surface area contributed by atoms with E-state index >= 15 is 0 Å². The van der Waals surface area contributed by atoms with E-state index in [1.807, 2.05) is 44.0 Å². The third-order valence-corrected chi connectivity index (χ3v) is 6.04. The first kappa shape index (κ1) is 18.5. The van der Waals surface area contributed by atoms with E-state index in [1.54, 1.807) is 0 Å². The summed E-state index contributed by atoms with van der Waals surface area (Å²) in [5.74, 6) is 1.40. The van der Waals surface area contributed by atoms with Gasteiger partial charge in [-0.05, 0) is 63.6 Å². The number of benzene rings is 1. The number of aromatic amines is 1. The summed E-state index contributed by atoms with van der Waals surface area (Å²) in [6, 6.07) is 8.36. The first-order chi connectivity index (χ1) is 12.8. The van der Waals surface area contributed by atoms with Gasteiger partial charge >= 0.3 is 6.09 Å². The molecule has 1 saturated carbocycles. The van der Waals surface area contributed by atoms with E-state index in [0.29, 0.717) is 5.92 Å². The number of likely N-dealkylation sites (tertiary alicyclic amines) is 1. The number of carbonyl (C=O) groups excluding carboxylic acids is 1. The molecule has 5 nitrogen and oxygen atoms in total. The monoisotopic (exact) mass is 431 g/mol. The van der Waals surface area contributed by atoms with Gasteiger partial charge < -0.3 is 9.72 Å². The predicted octanol–water partition coefficient (Wildman–Crippen LogP) is 5.69. The second-order valence-corrected chi connectivity index (χ2v) is 9.50. The van der Waals surface area contributed by atoms with Crippen LogP contribution in [-0.2, 0) is 4.74 Å². The number of nitrogens with one attached hydrogen (secondary N) is 1. The smallest absolute Gasteiger partial charge is 0.411 e. The SMILES string of the molecule is CC(C)(C)OC(=O)N1C(c2ncc(-c3ccc(Br)cc3)[nH]2)C[C@@H]2CCC[C@@H]21. The topological polar surface area (TPSA) is 58.2 Å². The Hall–Kier alpha value is -1.82. The zero-order chi connectivity index (χ0) is 19.2. The summed E-state index contributed by atoms with van der Waals surface area (Å²) in [7, 11) is 0. The number of hydrogen-bond donors (Lipinski definition) is 1. The van der Waals surface area contributed by atoms with Crippen LogP contribution in [0.2, 0.25) is 0 Å². The minimum Gasteiger partial charge on any atom is -0.444 e. The molecule has 1 amide bonds. The first-order valence-electron chi connectivity index (χ1n) is 9.64. The van der Waals surface area contributed by atoms with E-state index in [-0.39, 0.29) is 18.2 Å². The molecule has 1 saturated heterocycles. The fourth-order valence-corrected chi connectivity index (χ4v) is 4.66. The number of fused-ring (bicyclic) bond motifs is 1. The summed E-state index contributed by atoms with van der Waals surface area (Å²) in [5.41, 5.74) is 1.56. The van der Waals surface area contributed by atoms with Crippen LogP contribution in [0.1, 0.15) is 58.3 Å². The third kappa shape index (κ3) is 3.77. The molecule has 1 aromatic carbocycles. The average molecular weight is 432 g/mol. The van der Waals surface area contributed by atoms with Crippen molar-refractivity contribution >= 4 is 22.0 Å². The molecule has 1 N–H and O–H groups in total. The molecular formula is C21H26BrN3O2. The number of rotatable bonds is 2. The summed E-state index contributed by atoms with van der Waals surface area (Å²) in [6.07, 6.45) is 6.02. The average Bonchev–Trinajstić information content (AvgIpc) is 3.28. The van der Waals surface area contributed by atoms with Crippen molar-refractivity contribution in [3.05, 3.63) is 40.8 Å². The van der Waals surface area contributed by atoms with Crippen LogP contribution in [0.25, 0.3) is 11.3 Å². The van der Waals surface area contributed by atoms with Crippen LogP contribution in [0.5, 0.6) is 0 Å². The van der Waals surface area contributed by atoms with Gasteiger partial charge in [0.25, 0.3) is 0 Å². The van der Waals surface area contributed by atoms with Gasteiger partial charge in [0, 0.05) is 10.5 Å². The molecule has 2 aromatic rings. The van der Waals surface area contributed by atoms with Crippen LogP contribution >= 0.6 is 15.9 Å². The Morgan fingerprint density at radius 2 is 2.00 bits per heavy atom. The highest BCUT2D eigenvalue weighted by Gasteiger charge is 2.48. The van der Waals surface area contributed by atoms with Crippen LogP contribution in [0, 0.1) is 5.92 Å². The summed E-state index contributed by atoms with van der Waals surface area (Å²) >= 11 is 3.47. The number of imidazole rings is 1. The minimum absolute atomic E-state index is 0.0423. The van der Waals surface area contributed by atoms with Gasteiger partial charge in [-0.2, -0.15) is 0 Å². The van der Waals surface area contributed by atoms with E-state index in [1.165, 1.54) is 12.8 Å². The Labute approximate surface area is 168 Å². The van der Waals surface area contributed by atoms with Crippen molar-refractivity contribution in [1.82, 2.24) is 14.9 Å². The molecule has 3 atom stereocenters. The number of carbonyl (C=O) groups is 1. The fraction of sp³-hybridized carbons (Fsp3) is 0.524. The number of halogens is 1. The van der Waals surface area contributed by atoms with Crippen molar-refractivity contribution in [2.24, 2.45) is 5.92 Å². The maximum atomic E-state index is 13.0. The van der Waals surface area contributed by atoms with E-state index in [9.17, 15) is 4.79 Å². The number of nitrogens with zero attached hydrogens (tertiary/aromatic N) is 2. The number of amides is 1. The van der Waals surface area contributed by atoms with Crippen LogP contribution < -0.4 is 0 Å². The first-order valence-corrected chi connectivity index (χ1v) is 10.4. The molecule has 2 aliphatic rings. The molecule has 0 bridgehead atoms. The molecule has 2 heterocycles. The third-order valence-electron chi connectivity index (χ3n) is 5.51. The lowest BCUT2D eigenvalue weighted by Crippen LogP contribution is -2.41. The highest BCUT2D eigenvalue weighted by molar-refractivity contribution is 9.10. The Morgan fingerprint density at radius 1 is 1.26 bits per heavy atom. The van der Waals surface area contributed by atoms with Gasteiger partial charge in [0.1, 0.15) is 11.4 Å². The molecule has 144 valence electrons. The number of ether oxygens (including phenoxy) is 1. The maximum Gasteiger partial charge on any atom is 0.411 e. The lowest BCUT2D eigenvalue weighted by Gasteiger charge is -2.31. The highest BCUT2D eigenvalue weighted by atomic mass is 79.9. The molecule has 1 aliphatic heterocycles. The minimum atomic E-state index is -0.496. The van der Waals surface area contributed by atoms with Gasteiger partial charge in [-0.3, -0.25) is 4.90 Å². The number of aromatic nitrogens is 2. The Morgan fingerprint density at radius 3 is 2.70 bits per heavy atom. The highest BCUT2D eigenvalue weighted by Crippen LogP contribution is 2.47. The lowest BCUT2D eigenvalue weighted by atomic mass is 10.0. The molecule has 27 heavy (non-hydrogen) atoms. The van der Waals surface area contributed by atoms with Crippen LogP contribution in [0.3, 0.4) is 0 Å². The zero-order valence-corrected chi connectivity index (χ0v) is 17.6. The van der Waals surface area contributed by atoms with Gasteiger partial charge in [-0.1, -0.05) is 34.5 Å². The molecule has 1 aromatic heterocycles. The van der Waals surface area contributed by atoms with Crippen molar-refractivity contribution in [2.45, 2.75) is 64.1 Å². The molecule has 0 spiro atoms. The maximum absolute atomic E-state index is 13.0. The fourth-order valence-electron chi connectivity index (χ4n) is 4.39. The zero-order valence-electron chi connectivity index (χ0n) is 16.0. The Balaban J connectivity index is 1.61. The lowest BCUT2D eigenvalue weighted by molar-refractivity contribution is 0.0130. The molecule has 6 heteroatoms. The Kier molecular flexibility index (Phi) is 4.78. The number of H-pyrrole nitrogens is 1. The molecule has 1 aliphatic carbocycles. The van der Waals surface area contributed by atoms with Crippen molar-refractivity contribution in [3.63, 3.8) is 0 Å². The van der Waals surface area contributed by atoms with Crippen molar-refractivity contribution in [1.29, 1.82) is 0 Å². The summed E-state index contributed by atoms with van der Waals surface area (Å²) in [6.45, 7) is 5.75. The molecule has 1 unspecified atom stereocenters. The molecule has 2 fully saturated rings. The van der Waals surface area contributed by atoms with Gasteiger partial charge in [0.15, 0.2) is 0 Å². The second kappa shape index (κ2) is 6.97. The summed E-state index contributed by atoms with van der Waals surface area (Å²) < 4.78 is 6.77. The quantitative estimate of drug-likeness (QED) is 0.663. The largest absolute Gasteiger partial charge is 0.444 e. The van der Waals surface area contributed by atoms with Crippen LogP contribution in [0.15, 0.2) is 34.9 Å². The molecule has 0 radical (unpaired) electrons. The van der Waals surface area contributed by atoms with Crippen LogP contribution in [-0.4, -0.2) is 32.6 Å². The summed E-state index contributed by atoms with van der Waals surface area (Å²) in [5, 5.41) is 0. The van der Waals surface area contributed by atoms with E-state index in [2.05, 4.69) is 38.0 Å². The van der Waals surface area contributed by atoms with Crippen molar-refractivity contribution in [2.75, 3.05) is 0 Å². The predicted molar refractivity (Wildman–Crippen MR) is 108 cm³/mol. The van der Waals surface area contributed by atoms with Gasteiger partial charge in [-0.15, -0.1) is 0 Å². The van der Waals surface area contributed by atoms with Crippen molar-refractivity contribution in [3.8, 4) is 11.3 Å². The summed E-state index contributed by atoms with van der Waals surface area (Å²) in [4.78, 5) is 23.0. The number of hydrogen-bond acceptors (Lipinski definition) is 3. The Bertz CT molecular complexity index is 825. The van der Waals surface area contributed by atoms with E-state index in [0.717, 1.165) is 34.4 Å². The molecular weight excluding hydrogens is 406 g/mol. The van der Waals surface area contributed by atoms with Crippen molar-refractivity contribution < 1.29 is 9.53 Å². The normalized spacial score (nSPS) is 24.9. The van der Waals surface area contributed by atoms with E-state index < -0.39 is 5.60 Å². The standard InChI is InChI=1S/C21H26BrN3O2/c1-21(2,3)27-20(26)25-17-6-4-5-14(17)11-18(25)19-23-12-16(24-19)13-7-9-15(22)10-8-13/h7-10,12,14,17-18H,4-6,11H2,1-3H3,(H,23,24)/t14-,17-,18?/m0/s1. The van der Waals surface area contributed by atoms with E-state index in [4.69, 9.17) is 4.74 Å². The van der Waals surface area contributed by atoms with Gasteiger partial charge in [0.05, 0.1) is 17.9 Å². The molecule has 4 rings (SSSR count). The van der Waals surface area contributed by atoms with Gasteiger partial charge in [-0.25, -0.2) is 9.78 Å². The van der Waals surface area contributed by atoms with Gasteiger partial charge in [0.2, 0.25) is 0 Å². The second-order valence-electron chi connectivity index (χ2n) is 8.59. The van der Waals surface area contributed by atoms with Crippen LogP contribution in [0.4, 0.5) is 4.79 Å².